The third-order valence-electron chi connectivity index (χ3n) is 3.49. The first-order chi connectivity index (χ1) is 13.3. The van der Waals surface area contributed by atoms with Gasteiger partial charge in [-0.25, -0.2) is 17.9 Å². The highest BCUT2D eigenvalue weighted by Crippen LogP contribution is 2.16. The maximum atomic E-state index is 12.3. The summed E-state index contributed by atoms with van der Waals surface area (Å²) in [6, 6.07) is 8.82. The highest BCUT2D eigenvalue weighted by atomic mass is 32.2. The Morgan fingerprint density at radius 1 is 1.25 bits per heavy atom. The van der Waals surface area contributed by atoms with Crippen molar-refractivity contribution in [1.82, 2.24) is 19.8 Å². The smallest absolute Gasteiger partial charge is 0.338 e. The molecule has 0 bridgehead atoms. The number of nitrogens with one attached hydrogen (secondary N) is 1. The first-order valence-electron chi connectivity index (χ1n) is 8.37. The van der Waals surface area contributed by atoms with Gasteiger partial charge in [-0.3, -0.25) is 4.98 Å². The number of pyridine rings is 1. The van der Waals surface area contributed by atoms with Crippen molar-refractivity contribution in [3.8, 4) is 11.4 Å². The second kappa shape index (κ2) is 8.28. The Bertz CT molecular complexity index is 1060. The Kier molecular flexibility index (Phi) is 5.81. The molecule has 0 radical (unpaired) electrons. The van der Waals surface area contributed by atoms with Gasteiger partial charge in [0.2, 0.25) is 15.8 Å². The minimum atomic E-state index is -3.71. The minimum Gasteiger partial charge on any atom is -0.452 e. The zero-order chi connectivity index (χ0) is 20.1. The summed E-state index contributed by atoms with van der Waals surface area (Å²) < 4.78 is 37.1. The third-order valence-corrected chi connectivity index (χ3v) is 5.14. The van der Waals surface area contributed by atoms with E-state index in [0.717, 1.165) is 0 Å². The standard InChI is InChI=1S/C18H18N4O5S/c1-12(2)22-28(24,25)15-7-3-5-13(9-15)18(23)26-11-16-20-17(21-27-16)14-6-4-8-19-10-14/h3-10,12,22H,11H2,1-2H3. The molecule has 0 unspecified atom stereocenters. The fourth-order valence-electron chi connectivity index (χ4n) is 2.30. The van der Waals surface area contributed by atoms with Gasteiger partial charge in [0, 0.05) is 24.0 Å². The average Bonchev–Trinajstić information content (AvgIpc) is 3.15. The van der Waals surface area contributed by atoms with Crippen molar-refractivity contribution in [1.29, 1.82) is 0 Å². The molecule has 146 valence electrons. The molecule has 9 nitrogen and oxygen atoms in total. The van der Waals surface area contributed by atoms with Gasteiger partial charge in [-0.1, -0.05) is 11.2 Å². The fraction of sp³-hybridized carbons (Fsp3) is 0.222. The van der Waals surface area contributed by atoms with Crippen molar-refractivity contribution < 1.29 is 22.5 Å². The van der Waals surface area contributed by atoms with E-state index in [9.17, 15) is 13.2 Å². The van der Waals surface area contributed by atoms with Crippen molar-refractivity contribution >= 4 is 16.0 Å². The zero-order valence-electron chi connectivity index (χ0n) is 15.2. The lowest BCUT2D eigenvalue weighted by Gasteiger charge is -2.10. The summed E-state index contributed by atoms with van der Waals surface area (Å²) in [5.41, 5.74) is 0.762. The molecule has 0 aliphatic heterocycles. The van der Waals surface area contributed by atoms with Gasteiger partial charge < -0.3 is 9.26 Å². The monoisotopic (exact) mass is 402 g/mol. The number of nitrogens with zero attached hydrogens (tertiary/aromatic N) is 3. The summed E-state index contributed by atoms with van der Waals surface area (Å²) >= 11 is 0. The second-order valence-corrected chi connectivity index (χ2v) is 7.85. The lowest BCUT2D eigenvalue weighted by Crippen LogP contribution is -2.30. The molecule has 2 aromatic heterocycles. The van der Waals surface area contributed by atoms with E-state index in [1.54, 1.807) is 38.4 Å². The number of carbonyl (C=O) groups is 1. The summed E-state index contributed by atoms with van der Waals surface area (Å²) in [4.78, 5) is 20.3. The van der Waals surface area contributed by atoms with E-state index in [2.05, 4.69) is 19.8 Å². The van der Waals surface area contributed by atoms with Crippen LogP contribution in [0.5, 0.6) is 0 Å². The molecular weight excluding hydrogens is 384 g/mol. The van der Waals surface area contributed by atoms with Gasteiger partial charge in [0.15, 0.2) is 6.61 Å². The van der Waals surface area contributed by atoms with Gasteiger partial charge in [-0.2, -0.15) is 4.98 Å². The van der Waals surface area contributed by atoms with Crippen LogP contribution in [0.3, 0.4) is 0 Å². The minimum absolute atomic E-state index is 0.0210. The summed E-state index contributed by atoms with van der Waals surface area (Å²) in [7, 11) is -3.71. The molecule has 0 saturated heterocycles. The molecule has 0 saturated carbocycles. The van der Waals surface area contributed by atoms with Crippen molar-refractivity contribution in [3.63, 3.8) is 0 Å². The van der Waals surface area contributed by atoms with Gasteiger partial charge in [-0.05, 0) is 44.2 Å². The number of aromatic nitrogens is 3. The van der Waals surface area contributed by atoms with Crippen LogP contribution in [-0.2, 0) is 21.4 Å². The molecular formula is C18H18N4O5S. The van der Waals surface area contributed by atoms with Gasteiger partial charge >= 0.3 is 5.97 Å². The molecule has 0 aliphatic rings. The van der Waals surface area contributed by atoms with E-state index in [0.29, 0.717) is 11.4 Å². The first kappa shape index (κ1) is 19.6. The fourth-order valence-corrected chi connectivity index (χ4v) is 3.60. The maximum Gasteiger partial charge on any atom is 0.338 e. The van der Waals surface area contributed by atoms with Crippen LogP contribution in [0.1, 0.15) is 30.1 Å². The lowest BCUT2D eigenvalue weighted by molar-refractivity contribution is 0.0429. The molecule has 0 atom stereocenters. The average molecular weight is 402 g/mol. The Morgan fingerprint density at radius 2 is 2.07 bits per heavy atom. The van der Waals surface area contributed by atoms with Crippen LogP contribution >= 0.6 is 0 Å². The van der Waals surface area contributed by atoms with E-state index in [-0.39, 0.29) is 29.0 Å². The van der Waals surface area contributed by atoms with Crippen LogP contribution in [0, 0.1) is 0 Å². The molecule has 1 N–H and O–H groups in total. The zero-order valence-corrected chi connectivity index (χ0v) is 16.0. The summed E-state index contributed by atoms with van der Waals surface area (Å²) in [6.07, 6.45) is 3.20. The molecule has 1 aromatic carbocycles. The van der Waals surface area contributed by atoms with Gasteiger partial charge in [0.25, 0.3) is 5.89 Å². The topological polar surface area (TPSA) is 124 Å². The number of benzene rings is 1. The molecule has 3 rings (SSSR count). The number of ether oxygens (including phenoxy) is 1. The Morgan fingerprint density at radius 3 is 2.79 bits per heavy atom. The Hall–Kier alpha value is -3.11. The second-order valence-electron chi connectivity index (χ2n) is 6.13. The van der Waals surface area contributed by atoms with E-state index in [1.165, 1.54) is 24.3 Å². The molecule has 0 aliphatic carbocycles. The van der Waals surface area contributed by atoms with Gasteiger partial charge in [0.05, 0.1) is 10.5 Å². The van der Waals surface area contributed by atoms with Crippen molar-refractivity contribution in [2.75, 3.05) is 0 Å². The number of hydrogen-bond donors (Lipinski definition) is 1. The number of sulfonamides is 1. The normalized spacial score (nSPS) is 11.5. The quantitative estimate of drug-likeness (QED) is 0.596. The SMILES string of the molecule is CC(C)NS(=O)(=O)c1cccc(C(=O)OCc2nc(-c3cccnc3)no2)c1. The molecule has 3 aromatic rings. The molecule has 2 heterocycles. The van der Waals surface area contributed by atoms with E-state index in [1.807, 2.05) is 0 Å². The van der Waals surface area contributed by atoms with Crippen LogP contribution < -0.4 is 4.72 Å². The molecule has 0 fully saturated rings. The molecule has 28 heavy (non-hydrogen) atoms. The largest absolute Gasteiger partial charge is 0.452 e. The Balaban J connectivity index is 1.67. The van der Waals surface area contributed by atoms with Crippen molar-refractivity contribution in [2.24, 2.45) is 0 Å². The number of carbonyl (C=O) groups excluding carboxylic acids is 1. The highest BCUT2D eigenvalue weighted by Gasteiger charge is 2.18. The van der Waals surface area contributed by atoms with Crippen molar-refractivity contribution in [3.05, 3.63) is 60.2 Å². The summed E-state index contributed by atoms with van der Waals surface area (Å²) in [5.74, 6) is -0.271. The van der Waals surface area contributed by atoms with Crippen LogP contribution in [0.25, 0.3) is 11.4 Å². The summed E-state index contributed by atoms with van der Waals surface area (Å²) in [6.45, 7) is 3.17. The van der Waals surface area contributed by atoms with Gasteiger partial charge in [0.1, 0.15) is 0 Å². The van der Waals surface area contributed by atoms with E-state index < -0.39 is 16.0 Å². The highest BCUT2D eigenvalue weighted by molar-refractivity contribution is 7.89. The first-order valence-corrected chi connectivity index (χ1v) is 9.86. The number of rotatable bonds is 7. The predicted octanol–water partition coefficient (Wildman–Crippen LogP) is 2.18. The predicted molar refractivity (Wildman–Crippen MR) is 98.5 cm³/mol. The van der Waals surface area contributed by atoms with Crippen LogP contribution in [0.4, 0.5) is 0 Å². The van der Waals surface area contributed by atoms with Gasteiger partial charge in [-0.15, -0.1) is 0 Å². The summed E-state index contributed by atoms with van der Waals surface area (Å²) in [5, 5.41) is 3.81. The van der Waals surface area contributed by atoms with Crippen molar-refractivity contribution in [2.45, 2.75) is 31.4 Å². The van der Waals surface area contributed by atoms with Crippen LogP contribution in [-0.4, -0.2) is 35.6 Å². The number of esters is 1. The van der Waals surface area contributed by atoms with E-state index in [4.69, 9.17) is 9.26 Å². The lowest BCUT2D eigenvalue weighted by atomic mass is 10.2. The van der Waals surface area contributed by atoms with E-state index >= 15 is 0 Å². The van der Waals surface area contributed by atoms with Crippen LogP contribution in [0.2, 0.25) is 0 Å². The molecule has 10 heteroatoms. The Labute approximate surface area is 161 Å². The third kappa shape index (κ3) is 4.78. The van der Waals surface area contributed by atoms with Crippen LogP contribution in [0.15, 0.2) is 58.2 Å². The maximum absolute atomic E-state index is 12.3. The molecule has 0 spiro atoms. The molecule has 0 amide bonds. The number of hydrogen-bond acceptors (Lipinski definition) is 8.